The van der Waals surface area contributed by atoms with Crippen molar-refractivity contribution >= 4 is 46.9 Å². The Morgan fingerprint density at radius 2 is 1.65 bits per heavy atom. The third-order valence-corrected chi connectivity index (χ3v) is 8.16. The third kappa shape index (κ3) is 5.77. The van der Waals surface area contributed by atoms with Gasteiger partial charge in [-0.05, 0) is 92.2 Å². The zero-order valence-electron chi connectivity index (χ0n) is 20.9. The molecule has 8 heteroatoms. The molecule has 0 radical (unpaired) electrons. The minimum atomic E-state index is -0.165. The van der Waals surface area contributed by atoms with Gasteiger partial charge in [-0.1, -0.05) is 47.5 Å². The van der Waals surface area contributed by atoms with Gasteiger partial charge in [-0.25, -0.2) is 5.01 Å². The van der Waals surface area contributed by atoms with E-state index in [9.17, 15) is 9.59 Å². The number of allylic oxidation sites excluding steroid dienone is 1. The summed E-state index contributed by atoms with van der Waals surface area (Å²) in [7, 11) is 1.43. The molecule has 6 nitrogen and oxygen atoms in total. The van der Waals surface area contributed by atoms with Gasteiger partial charge < -0.3 is 4.74 Å². The van der Waals surface area contributed by atoms with E-state index in [1.807, 2.05) is 48.5 Å². The third-order valence-electron chi connectivity index (χ3n) is 7.66. The number of hydrogen-bond donors (Lipinski definition) is 0. The molecule has 0 spiro atoms. The lowest BCUT2D eigenvalue weighted by Gasteiger charge is -2.33. The lowest BCUT2D eigenvalue weighted by molar-refractivity contribution is -0.147. The summed E-state index contributed by atoms with van der Waals surface area (Å²) >= 11 is 12.3. The quantitative estimate of drug-likeness (QED) is 0.437. The van der Waals surface area contributed by atoms with Gasteiger partial charge in [0.05, 0.1) is 31.3 Å². The van der Waals surface area contributed by atoms with Crippen LogP contribution in [0.15, 0.2) is 59.2 Å². The summed E-state index contributed by atoms with van der Waals surface area (Å²) in [6, 6.07) is 15.4. The number of carbonyl (C=O) groups is 2. The molecule has 0 N–H and O–H groups in total. The summed E-state index contributed by atoms with van der Waals surface area (Å²) in [5.74, 6) is -0.149. The van der Waals surface area contributed by atoms with E-state index in [1.54, 1.807) is 5.01 Å². The van der Waals surface area contributed by atoms with Gasteiger partial charge in [0.25, 0.3) is 5.91 Å². The van der Waals surface area contributed by atoms with Crippen LogP contribution in [0.3, 0.4) is 0 Å². The molecule has 2 atom stereocenters. The molecule has 1 saturated heterocycles. The molecule has 1 aliphatic carbocycles. The summed E-state index contributed by atoms with van der Waals surface area (Å²) in [5.41, 5.74) is 4.29. The second-order valence-electron chi connectivity index (χ2n) is 10.0. The number of rotatable bonds is 5. The van der Waals surface area contributed by atoms with E-state index >= 15 is 0 Å². The number of likely N-dealkylation sites (tertiary alicyclic amines) is 1. The Kier molecular flexibility index (Phi) is 7.98. The summed E-state index contributed by atoms with van der Waals surface area (Å²) in [6.45, 7) is 1.65. The molecular formula is C29H31Cl2N3O3. The van der Waals surface area contributed by atoms with Gasteiger partial charge in [-0.15, -0.1) is 0 Å². The van der Waals surface area contributed by atoms with E-state index in [4.69, 9.17) is 33.0 Å². The summed E-state index contributed by atoms with van der Waals surface area (Å²) in [5, 5.41) is 8.06. The second-order valence-corrected chi connectivity index (χ2v) is 10.9. The number of benzene rings is 2. The summed E-state index contributed by atoms with van der Waals surface area (Å²) < 4.78 is 4.90. The number of fused-ring (bicyclic) bond motifs is 1. The number of methoxy groups -OCH3 is 1. The predicted octanol–water partition coefficient (Wildman–Crippen LogP) is 6.00. The van der Waals surface area contributed by atoms with Crippen molar-refractivity contribution in [2.24, 2.45) is 16.9 Å². The smallest absolute Gasteiger partial charge is 0.308 e. The summed E-state index contributed by atoms with van der Waals surface area (Å²) in [6.07, 6.45) is 6.51. The number of halogens is 2. The molecular weight excluding hydrogens is 509 g/mol. The number of piperidine rings is 1. The Hall–Kier alpha value is -2.67. The van der Waals surface area contributed by atoms with Crippen molar-refractivity contribution in [1.82, 2.24) is 9.91 Å². The summed E-state index contributed by atoms with van der Waals surface area (Å²) in [4.78, 5) is 27.7. The van der Waals surface area contributed by atoms with Gasteiger partial charge in [0.15, 0.2) is 0 Å². The highest BCUT2D eigenvalue weighted by Crippen LogP contribution is 2.44. The first-order valence-electron chi connectivity index (χ1n) is 12.9. The monoisotopic (exact) mass is 539 g/mol. The topological polar surface area (TPSA) is 62.2 Å². The second kappa shape index (κ2) is 11.4. The number of hydrogen-bond acceptors (Lipinski definition) is 5. The molecule has 5 rings (SSSR count). The van der Waals surface area contributed by atoms with Crippen LogP contribution in [0.5, 0.6) is 0 Å². The van der Waals surface area contributed by atoms with E-state index in [0.29, 0.717) is 36.0 Å². The molecule has 2 aromatic rings. The molecule has 0 bridgehead atoms. The highest BCUT2D eigenvalue weighted by molar-refractivity contribution is 6.30. The Morgan fingerprint density at radius 3 is 2.30 bits per heavy atom. The van der Waals surface area contributed by atoms with Gasteiger partial charge in [-0.3, -0.25) is 14.5 Å². The largest absolute Gasteiger partial charge is 0.469 e. The maximum atomic E-state index is 13.7. The minimum absolute atomic E-state index is 0.0239. The van der Waals surface area contributed by atoms with Crippen LogP contribution < -0.4 is 0 Å². The average Bonchev–Trinajstić information content (AvgIpc) is 3.31. The van der Waals surface area contributed by atoms with Crippen molar-refractivity contribution < 1.29 is 14.3 Å². The molecule has 194 valence electrons. The lowest BCUT2D eigenvalue weighted by atomic mass is 9.77. The molecule has 37 heavy (non-hydrogen) atoms. The fraction of sp³-hybridized carbons (Fsp3) is 0.414. The number of esters is 1. The van der Waals surface area contributed by atoms with Crippen LogP contribution in [-0.4, -0.2) is 54.2 Å². The van der Waals surface area contributed by atoms with Crippen molar-refractivity contribution in [3.8, 4) is 0 Å². The predicted molar refractivity (Wildman–Crippen MR) is 146 cm³/mol. The highest BCUT2D eigenvalue weighted by atomic mass is 35.5. The SMILES string of the molecule is COC(=O)C1CCN(CC(=O)N2N=C3/C(=C/c4ccc(Cl)cc4)CCCC3C2c2ccc(Cl)cc2)CC1. The normalized spacial score (nSPS) is 23.6. The number of amides is 1. The molecule has 2 fully saturated rings. The zero-order chi connectivity index (χ0) is 25.9. The van der Waals surface area contributed by atoms with E-state index in [0.717, 1.165) is 36.1 Å². The standard InChI is InChI=1S/C29H31Cl2N3O3/c1-37-29(36)21-13-15-33(16-14-21)18-26(35)34-28(20-7-11-24(31)12-8-20)25-4-2-3-22(27(25)32-34)17-19-5-9-23(30)10-6-19/h5-12,17,21,25,28H,2-4,13-16,18H2,1H3/b22-17+. The first-order valence-corrected chi connectivity index (χ1v) is 13.6. The van der Waals surface area contributed by atoms with Gasteiger partial charge in [0.2, 0.25) is 0 Å². The lowest BCUT2D eigenvalue weighted by Crippen LogP contribution is -2.43. The van der Waals surface area contributed by atoms with Crippen LogP contribution in [0.1, 0.15) is 49.3 Å². The van der Waals surface area contributed by atoms with Gasteiger partial charge in [-0.2, -0.15) is 5.10 Å². The zero-order valence-corrected chi connectivity index (χ0v) is 22.4. The Morgan fingerprint density at radius 1 is 1.00 bits per heavy atom. The minimum Gasteiger partial charge on any atom is -0.469 e. The molecule has 3 aliphatic rings. The fourth-order valence-electron chi connectivity index (χ4n) is 5.72. The van der Waals surface area contributed by atoms with Crippen molar-refractivity contribution in [3.63, 3.8) is 0 Å². The molecule has 2 unspecified atom stereocenters. The molecule has 2 aromatic carbocycles. The van der Waals surface area contributed by atoms with Crippen molar-refractivity contribution in [2.75, 3.05) is 26.7 Å². The van der Waals surface area contributed by atoms with Crippen LogP contribution in [0.2, 0.25) is 10.0 Å². The number of ether oxygens (including phenoxy) is 1. The molecule has 1 amide bonds. The van der Waals surface area contributed by atoms with Crippen LogP contribution in [0, 0.1) is 11.8 Å². The first-order chi connectivity index (χ1) is 17.9. The van der Waals surface area contributed by atoms with Crippen molar-refractivity contribution in [3.05, 3.63) is 75.3 Å². The van der Waals surface area contributed by atoms with Crippen LogP contribution >= 0.6 is 23.2 Å². The van der Waals surface area contributed by atoms with E-state index in [2.05, 4.69) is 11.0 Å². The van der Waals surface area contributed by atoms with E-state index < -0.39 is 0 Å². The van der Waals surface area contributed by atoms with Gasteiger partial charge in [0, 0.05) is 16.0 Å². The molecule has 2 aliphatic heterocycles. The van der Waals surface area contributed by atoms with Crippen molar-refractivity contribution in [2.45, 2.75) is 38.1 Å². The Labute approximate surface area is 227 Å². The van der Waals surface area contributed by atoms with Crippen LogP contribution in [-0.2, 0) is 14.3 Å². The fourth-order valence-corrected chi connectivity index (χ4v) is 5.97. The van der Waals surface area contributed by atoms with Gasteiger partial charge >= 0.3 is 5.97 Å². The van der Waals surface area contributed by atoms with Gasteiger partial charge in [0.1, 0.15) is 0 Å². The first kappa shape index (κ1) is 26.0. The average molecular weight is 540 g/mol. The Balaban J connectivity index is 1.40. The van der Waals surface area contributed by atoms with Crippen LogP contribution in [0.4, 0.5) is 0 Å². The number of nitrogens with zero attached hydrogens (tertiary/aromatic N) is 3. The maximum Gasteiger partial charge on any atom is 0.308 e. The molecule has 0 aromatic heterocycles. The highest BCUT2D eigenvalue weighted by Gasteiger charge is 2.44. The number of carbonyl (C=O) groups excluding carboxylic acids is 2. The number of hydrazone groups is 1. The van der Waals surface area contributed by atoms with E-state index in [-0.39, 0.29) is 36.3 Å². The van der Waals surface area contributed by atoms with Crippen molar-refractivity contribution in [1.29, 1.82) is 0 Å². The molecule has 1 saturated carbocycles. The maximum absolute atomic E-state index is 13.7. The van der Waals surface area contributed by atoms with E-state index in [1.165, 1.54) is 12.7 Å². The van der Waals surface area contributed by atoms with Crippen LogP contribution in [0.25, 0.3) is 6.08 Å². The Bertz CT molecular complexity index is 1200. The molecule has 2 heterocycles.